The molecule has 10 heteroatoms. The summed E-state index contributed by atoms with van der Waals surface area (Å²) in [5.74, 6) is -0.992. The highest BCUT2D eigenvalue weighted by Crippen LogP contribution is 2.27. The van der Waals surface area contributed by atoms with Gasteiger partial charge in [-0.3, -0.25) is 4.79 Å². The summed E-state index contributed by atoms with van der Waals surface area (Å²) < 4.78 is 25.5. The lowest BCUT2D eigenvalue weighted by Crippen LogP contribution is -2.15. The van der Waals surface area contributed by atoms with Gasteiger partial charge in [-0.1, -0.05) is 29.8 Å². The van der Waals surface area contributed by atoms with Crippen LogP contribution in [0.5, 0.6) is 5.75 Å². The number of halogens is 1. The Kier molecular flexibility index (Phi) is 5.39. The predicted molar refractivity (Wildman–Crippen MR) is 105 cm³/mol. The normalized spacial score (nSPS) is 11.4. The number of aromatic hydroxyl groups is 1. The first-order valence-corrected chi connectivity index (χ1v) is 10.3. The first-order valence-electron chi connectivity index (χ1n) is 8.28. The highest BCUT2D eigenvalue weighted by Gasteiger charge is 2.20. The SMILES string of the molecule is CCS(=O)(=O)c1ccc(O)c(NC(=O)c2nnn(-c3cccc(Cl)c3)c2C)c1. The molecule has 8 nitrogen and oxygen atoms in total. The molecule has 28 heavy (non-hydrogen) atoms. The number of anilines is 1. The van der Waals surface area contributed by atoms with Crippen LogP contribution in [0.15, 0.2) is 47.4 Å². The van der Waals surface area contributed by atoms with Gasteiger partial charge in [-0.25, -0.2) is 13.1 Å². The van der Waals surface area contributed by atoms with Crippen molar-refractivity contribution in [1.82, 2.24) is 15.0 Å². The van der Waals surface area contributed by atoms with E-state index in [1.54, 1.807) is 31.2 Å². The number of rotatable bonds is 5. The Bertz CT molecular complexity index is 1160. The molecule has 2 aromatic carbocycles. The molecule has 0 atom stereocenters. The highest BCUT2D eigenvalue weighted by molar-refractivity contribution is 7.91. The molecular weight excluding hydrogens is 404 g/mol. The van der Waals surface area contributed by atoms with Gasteiger partial charge in [0.25, 0.3) is 5.91 Å². The third-order valence-electron chi connectivity index (χ3n) is 4.12. The van der Waals surface area contributed by atoms with Crippen LogP contribution in [-0.4, -0.2) is 40.2 Å². The maximum absolute atomic E-state index is 12.6. The molecule has 0 saturated carbocycles. The van der Waals surface area contributed by atoms with Crippen molar-refractivity contribution in [2.45, 2.75) is 18.7 Å². The van der Waals surface area contributed by atoms with Crippen LogP contribution in [0.25, 0.3) is 5.69 Å². The number of nitrogens with one attached hydrogen (secondary N) is 1. The van der Waals surface area contributed by atoms with Crippen LogP contribution in [0, 0.1) is 6.92 Å². The molecule has 0 bridgehead atoms. The van der Waals surface area contributed by atoms with Crippen LogP contribution in [0.3, 0.4) is 0 Å². The second-order valence-electron chi connectivity index (χ2n) is 5.95. The van der Waals surface area contributed by atoms with Gasteiger partial charge < -0.3 is 10.4 Å². The lowest BCUT2D eigenvalue weighted by Gasteiger charge is -2.09. The molecule has 0 unspecified atom stereocenters. The number of nitrogens with zero attached hydrogens (tertiary/aromatic N) is 3. The fourth-order valence-electron chi connectivity index (χ4n) is 2.55. The average molecular weight is 421 g/mol. The van der Waals surface area contributed by atoms with Crippen molar-refractivity contribution in [3.63, 3.8) is 0 Å². The second kappa shape index (κ2) is 7.61. The molecule has 0 aliphatic carbocycles. The summed E-state index contributed by atoms with van der Waals surface area (Å²) in [5.41, 5.74) is 1.09. The lowest BCUT2D eigenvalue weighted by molar-refractivity contribution is 0.102. The van der Waals surface area contributed by atoms with Crippen LogP contribution < -0.4 is 5.32 Å². The van der Waals surface area contributed by atoms with Crippen molar-refractivity contribution in [3.05, 3.63) is 58.9 Å². The molecule has 1 heterocycles. The topological polar surface area (TPSA) is 114 Å². The Hall–Kier alpha value is -2.91. The van der Waals surface area contributed by atoms with E-state index >= 15 is 0 Å². The molecular formula is C18H17ClN4O4S. The summed E-state index contributed by atoms with van der Waals surface area (Å²) in [6.07, 6.45) is 0. The molecule has 3 rings (SSSR count). The summed E-state index contributed by atoms with van der Waals surface area (Å²) >= 11 is 5.99. The molecule has 0 aliphatic rings. The van der Waals surface area contributed by atoms with E-state index in [4.69, 9.17) is 11.6 Å². The third kappa shape index (κ3) is 3.85. The first kappa shape index (κ1) is 19.8. The number of carbonyl (C=O) groups excluding carboxylic acids is 1. The smallest absolute Gasteiger partial charge is 0.278 e. The average Bonchev–Trinajstić information content (AvgIpc) is 3.05. The molecule has 0 aliphatic heterocycles. The van der Waals surface area contributed by atoms with Gasteiger partial charge >= 0.3 is 0 Å². The summed E-state index contributed by atoms with van der Waals surface area (Å²) in [7, 11) is -3.49. The Labute approximate surface area is 166 Å². The number of phenolic OH excluding ortho intramolecular Hbond substituents is 1. The van der Waals surface area contributed by atoms with E-state index in [-0.39, 0.29) is 27.8 Å². The summed E-state index contributed by atoms with van der Waals surface area (Å²) in [5, 5.41) is 20.8. The Morgan fingerprint density at radius 3 is 2.68 bits per heavy atom. The van der Waals surface area contributed by atoms with E-state index in [0.29, 0.717) is 16.4 Å². The van der Waals surface area contributed by atoms with Gasteiger partial charge in [-0.15, -0.1) is 5.10 Å². The minimum absolute atomic E-state index is 0.00223. The largest absolute Gasteiger partial charge is 0.506 e. The number of hydrogen-bond donors (Lipinski definition) is 2. The fraction of sp³-hybridized carbons (Fsp3) is 0.167. The van der Waals surface area contributed by atoms with E-state index in [1.165, 1.54) is 29.8 Å². The first-order chi connectivity index (χ1) is 13.2. The molecule has 0 fully saturated rings. The highest BCUT2D eigenvalue weighted by atomic mass is 35.5. The third-order valence-corrected chi connectivity index (χ3v) is 6.09. The van der Waals surface area contributed by atoms with Crippen LogP contribution in [0.1, 0.15) is 23.1 Å². The maximum atomic E-state index is 12.6. The van der Waals surface area contributed by atoms with E-state index < -0.39 is 15.7 Å². The molecule has 1 aromatic heterocycles. The van der Waals surface area contributed by atoms with Gasteiger partial charge in [0.1, 0.15) is 5.75 Å². The number of carbonyl (C=O) groups is 1. The quantitative estimate of drug-likeness (QED) is 0.613. The van der Waals surface area contributed by atoms with Gasteiger partial charge in [0.05, 0.1) is 27.7 Å². The zero-order chi connectivity index (χ0) is 20.5. The van der Waals surface area contributed by atoms with Crippen molar-refractivity contribution < 1.29 is 18.3 Å². The molecule has 0 spiro atoms. The standard InChI is InChI=1S/C18H17ClN4O4S/c1-3-28(26,27)14-7-8-16(24)15(10-14)20-18(25)17-11(2)23(22-21-17)13-6-4-5-12(19)9-13/h4-10,24H,3H2,1-2H3,(H,20,25). The fourth-order valence-corrected chi connectivity index (χ4v) is 3.64. The van der Waals surface area contributed by atoms with E-state index in [2.05, 4.69) is 15.6 Å². The minimum Gasteiger partial charge on any atom is -0.506 e. The molecule has 1 amide bonds. The lowest BCUT2D eigenvalue weighted by atomic mass is 10.2. The Balaban J connectivity index is 1.92. The zero-order valence-electron chi connectivity index (χ0n) is 15.0. The van der Waals surface area contributed by atoms with E-state index in [9.17, 15) is 18.3 Å². The Morgan fingerprint density at radius 1 is 1.25 bits per heavy atom. The monoisotopic (exact) mass is 420 g/mol. The van der Waals surface area contributed by atoms with E-state index in [0.717, 1.165) is 0 Å². The number of benzene rings is 2. The predicted octanol–water partition coefficient (Wildman–Crippen LogP) is 2.98. The van der Waals surface area contributed by atoms with Crippen molar-refractivity contribution in [1.29, 1.82) is 0 Å². The van der Waals surface area contributed by atoms with Gasteiger partial charge in [0, 0.05) is 5.02 Å². The second-order valence-corrected chi connectivity index (χ2v) is 8.67. The number of phenols is 1. The van der Waals surface area contributed by atoms with Gasteiger partial charge in [-0.05, 0) is 43.3 Å². The minimum atomic E-state index is -3.49. The van der Waals surface area contributed by atoms with Gasteiger partial charge in [0.15, 0.2) is 15.5 Å². The van der Waals surface area contributed by atoms with Gasteiger partial charge in [0.2, 0.25) is 0 Å². The van der Waals surface area contributed by atoms with Crippen molar-refractivity contribution in [2.75, 3.05) is 11.1 Å². The Morgan fingerprint density at radius 2 is 2.00 bits per heavy atom. The van der Waals surface area contributed by atoms with E-state index in [1.807, 2.05) is 0 Å². The summed E-state index contributed by atoms with van der Waals surface area (Å²) in [4.78, 5) is 12.6. The molecule has 0 saturated heterocycles. The molecule has 3 aromatic rings. The van der Waals surface area contributed by atoms with Crippen molar-refractivity contribution in [2.24, 2.45) is 0 Å². The van der Waals surface area contributed by atoms with Crippen LogP contribution in [-0.2, 0) is 9.84 Å². The number of sulfone groups is 1. The number of hydrogen-bond acceptors (Lipinski definition) is 6. The zero-order valence-corrected chi connectivity index (χ0v) is 16.6. The summed E-state index contributed by atoms with van der Waals surface area (Å²) in [6.45, 7) is 3.17. The number of amides is 1. The van der Waals surface area contributed by atoms with Crippen LogP contribution >= 0.6 is 11.6 Å². The molecule has 2 N–H and O–H groups in total. The summed E-state index contributed by atoms with van der Waals surface area (Å²) in [6, 6.07) is 10.6. The van der Waals surface area contributed by atoms with Crippen molar-refractivity contribution in [3.8, 4) is 11.4 Å². The van der Waals surface area contributed by atoms with Gasteiger partial charge in [-0.2, -0.15) is 0 Å². The van der Waals surface area contributed by atoms with Crippen LogP contribution in [0.2, 0.25) is 5.02 Å². The van der Waals surface area contributed by atoms with Crippen molar-refractivity contribution >= 4 is 33.0 Å². The van der Waals surface area contributed by atoms with Crippen LogP contribution in [0.4, 0.5) is 5.69 Å². The maximum Gasteiger partial charge on any atom is 0.278 e. The molecule has 146 valence electrons. The molecule has 0 radical (unpaired) electrons. The number of aromatic nitrogens is 3.